The molecule has 0 aromatic carbocycles. The second-order valence-electron chi connectivity index (χ2n) is 1.38. The summed E-state index contributed by atoms with van der Waals surface area (Å²) in [6.45, 7) is 0. The van der Waals surface area contributed by atoms with Gasteiger partial charge < -0.3 is 5.32 Å². The van der Waals surface area contributed by atoms with Crippen LogP contribution in [0.25, 0.3) is 0 Å². The van der Waals surface area contributed by atoms with Gasteiger partial charge in [-0.2, -0.15) is 0 Å². The van der Waals surface area contributed by atoms with Crippen LogP contribution in [0.5, 0.6) is 0 Å². The van der Waals surface area contributed by atoms with Crippen LogP contribution in [0.3, 0.4) is 0 Å². The van der Waals surface area contributed by atoms with Crippen LogP contribution in [0.1, 0.15) is 0 Å². The summed E-state index contributed by atoms with van der Waals surface area (Å²) in [6, 6.07) is 0. The number of amides is 1. The average molecular weight is 136 g/mol. The zero-order chi connectivity index (χ0) is 6.78. The third-order valence-electron chi connectivity index (χ3n) is 0.558. The zero-order valence-corrected chi connectivity index (χ0v) is 5.54. The molecule has 8 heavy (non-hydrogen) atoms. The lowest BCUT2D eigenvalue weighted by Gasteiger charge is -1.94. The van der Waals surface area contributed by atoms with E-state index in [9.17, 15) is 9.00 Å². The smallest absolute Gasteiger partial charge is 0.316 e. The molecule has 1 unspecified atom stereocenters. The van der Waals surface area contributed by atoms with E-state index >= 15 is 0 Å². The summed E-state index contributed by atoms with van der Waals surface area (Å²) in [7, 11) is -1.66. The fraction of sp³-hybridized carbons (Fsp3) is 0.667. The van der Waals surface area contributed by atoms with Crippen molar-refractivity contribution >= 4 is 15.0 Å². The van der Waals surface area contributed by atoms with Gasteiger partial charge >= 0.3 is 5.24 Å². The fourth-order valence-electron chi connectivity index (χ4n) is 0.195. The Bertz CT molecular complexity index is 181. The topological polar surface area (TPSA) is 70.0 Å². The molecule has 1 atom stereocenters. The Kier molecular flexibility index (Phi) is 1.97. The van der Waals surface area contributed by atoms with E-state index in [2.05, 4.69) is 5.32 Å². The van der Waals surface area contributed by atoms with Crippen molar-refractivity contribution in [2.24, 2.45) is 0 Å². The third kappa shape index (κ3) is 1.92. The van der Waals surface area contributed by atoms with E-state index in [0.717, 1.165) is 6.26 Å². The molecule has 2 N–H and O–H groups in total. The summed E-state index contributed by atoms with van der Waals surface area (Å²) in [5.41, 5.74) is 0. The maximum absolute atomic E-state index is 10.4. The molecule has 0 aromatic heterocycles. The van der Waals surface area contributed by atoms with Crippen LogP contribution in [0.4, 0.5) is 4.79 Å². The number of rotatable bonds is 0. The van der Waals surface area contributed by atoms with Crippen molar-refractivity contribution < 1.29 is 9.00 Å². The van der Waals surface area contributed by atoms with Gasteiger partial charge in [-0.1, -0.05) is 0 Å². The lowest BCUT2D eigenvalue weighted by molar-refractivity contribution is 0.261. The fourth-order valence-corrected chi connectivity index (χ4v) is 0.584. The molecule has 0 saturated heterocycles. The minimum absolute atomic E-state index is 0.725. The van der Waals surface area contributed by atoms with Gasteiger partial charge in [-0.3, -0.25) is 4.79 Å². The van der Waals surface area contributed by atoms with Gasteiger partial charge in [0.1, 0.15) is 9.73 Å². The van der Waals surface area contributed by atoms with Crippen molar-refractivity contribution in [1.29, 1.82) is 4.78 Å². The van der Waals surface area contributed by atoms with Gasteiger partial charge in [-0.05, 0) is 0 Å². The molecule has 1 amide bonds. The highest BCUT2D eigenvalue weighted by Gasteiger charge is 2.06. The Balaban J connectivity index is 4.29. The highest BCUT2D eigenvalue weighted by atomic mass is 32.2. The molecular formula is C3H8N2O2S. The molecule has 4 nitrogen and oxygen atoms in total. The Morgan fingerprint density at radius 1 is 1.75 bits per heavy atom. The Morgan fingerprint density at radius 2 is 2.12 bits per heavy atom. The monoisotopic (exact) mass is 136 g/mol. The van der Waals surface area contributed by atoms with Gasteiger partial charge in [-0.25, -0.2) is 8.99 Å². The van der Waals surface area contributed by atoms with Gasteiger partial charge in [0, 0.05) is 13.3 Å². The van der Waals surface area contributed by atoms with Gasteiger partial charge in [0.05, 0.1) is 0 Å². The van der Waals surface area contributed by atoms with Crippen molar-refractivity contribution in [3.63, 3.8) is 0 Å². The zero-order valence-electron chi connectivity index (χ0n) is 4.72. The normalized spacial score (nSPS) is 16.8. The SMILES string of the molecule is CNC(=O)S(C)(=N)=O. The van der Waals surface area contributed by atoms with Crippen LogP contribution in [0, 0.1) is 4.78 Å². The maximum atomic E-state index is 10.4. The van der Waals surface area contributed by atoms with Crippen molar-refractivity contribution in [3.05, 3.63) is 0 Å². The molecule has 0 saturated carbocycles. The van der Waals surface area contributed by atoms with E-state index in [0.29, 0.717) is 0 Å². The summed E-state index contributed by atoms with van der Waals surface area (Å²) in [6.07, 6.45) is 1.08. The Labute approximate surface area is 48.2 Å². The molecule has 5 heteroatoms. The van der Waals surface area contributed by atoms with E-state index in [1.54, 1.807) is 0 Å². The van der Waals surface area contributed by atoms with E-state index in [4.69, 9.17) is 4.78 Å². The van der Waals surface area contributed by atoms with Gasteiger partial charge in [0.2, 0.25) is 0 Å². The van der Waals surface area contributed by atoms with Crippen molar-refractivity contribution in [2.75, 3.05) is 13.3 Å². The predicted molar refractivity (Wildman–Crippen MR) is 31.2 cm³/mol. The number of carbonyl (C=O) groups is 1. The molecule has 48 valence electrons. The van der Waals surface area contributed by atoms with Crippen LogP contribution in [-0.2, 0) is 9.73 Å². The maximum Gasteiger partial charge on any atom is 0.316 e. The van der Waals surface area contributed by atoms with Crippen molar-refractivity contribution in [1.82, 2.24) is 5.32 Å². The highest BCUT2D eigenvalue weighted by Crippen LogP contribution is 1.82. The van der Waals surface area contributed by atoms with Crippen LogP contribution in [0.15, 0.2) is 0 Å². The minimum atomic E-state index is -3.00. The quantitative estimate of drug-likeness (QED) is 0.492. The standard InChI is InChI=1S/C3H8N2O2S/c1-5-3(6)8(2,4)7/h4H,1-2H3,(H,5,6). The first-order valence-electron chi connectivity index (χ1n) is 1.94. The first-order chi connectivity index (χ1) is 3.48. The summed E-state index contributed by atoms with van der Waals surface area (Å²) in [4.78, 5) is 10.3. The van der Waals surface area contributed by atoms with Crippen LogP contribution in [-0.4, -0.2) is 22.8 Å². The van der Waals surface area contributed by atoms with Gasteiger partial charge in [-0.15, -0.1) is 0 Å². The average Bonchev–Trinajstić information content (AvgIpc) is 1.62. The molecule has 0 aliphatic rings. The van der Waals surface area contributed by atoms with E-state index in [-0.39, 0.29) is 0 Å². The van der Waals surface area contributed by atoms with Crippen LogP contribution < -0.4 is 5.32 Å². The molecule has 0 fully saturated rings. The number of carbonyl (C=O) groups excluding carboxylic acids is 1. The van der Waals surface area contributed by atoms with Crippen LogP contribution >= 0.6 is 0 Å². The Morgan fingerprint density at radius 3 is 2.12 bits per heavy atom. The number of hydrogen-bond acceptors (Lipinski definition) is 3. The number of nitrogens with one attached hydrogen (secondary N) is 2. The van der Waals surface area contributed by atoms with Crippen molar-refractivity contribution in [3.8, 4) is 0 Å². The summed E-state index contributed by atoms with van der Waals surface area (Å²) in [5, 5.41) is 1.38. The molecule has 0 heterocycles. The minimum Gasteiger partial charge on any atom is -0.347 e. The molecule has 0 radical (unpaired) electrons. The Hall–Kier alpha value is -0.580. The summed E-state index contributed by atoms with van der Waals surface area (Å²) < 4.78 is 17.0. The first kappa shape index (κ1) is 7.42. The summed E-state index contributed by atoms with van der Waals surface area (Å²) in [5.74, 6) is 0. The molecule has 0 spiro atoms. The van der Waals surface area contributed by atoms with E-state index in [1.807, 2.05) is 0 Å². The second-order valence-corrected chi connectivity index (χ2v) is 3.44. The van der Waals surface area contributed by atoms with E-state index < -0.39 is 15.0 Å². The second kappa shape index (κ2) is 2.13. The summed E-state index contributed by atoms with van der Waals surface area (Å²) >= 11 is 0. The van der Waals surface area contributed by atoms with E-state index in [1.165, 1.54) is 7.05 Å². The number of hydrogen-bond donors (Lipinski definition) is 2. The van der Waals surface area contributed by atoms with Gasteiger partial charge in [0.25, 0.3) is 0 Å². The molecule has 0 aromatic rings. The first-order valence-corrected chi connectivity index (χ1v) is 3.90. The highest BCUT2D eigenvalue weighted by molar-refractivity contribution is 8.06. The molecule has 0 aliphatic heterocycles. The third-order valence-corrected chi connectivity index (χ3v) is 1.47. The molecular weight excluding hydrogens is 128 g/mol. The van der Waals surface area contributed by atoms with Crippen molar-refractivity contribution in [2.45, 2.75) is 0 Å². The van der Waals surface area contributed by atoms with Crippen LogP contribution in [0.2, 0.25) is 0 Å². The van der Waals surface area contributed by atoms with Gasteiger partial charge in [0.15, 0.2) is 0 Å². The molecule has 0 aliphatic carbocycles. The molecule has 0 rings (SSSR count). The lowest BCUT2D eigenvalue weighted by atomic mass is 11.2. The lowest BCUT2D eigenvalue weighted by Crippen LogP contribution is -2.23. The largest absolute Gasteiger partial charge is 0.347 e. The molecule has 0 bridgehead atoms. The predicted octanol–water partition coefficient (Wildman–Crippen LogP) is 0.00237.